The van der Waals surface area contributed by atoms with Gasteiger partial charge in [-0.3, -0.25) is 4.98 Å². The van der Waals surface area contributed by atoms with Crippen molar-refractivity contribution in [2.24, 2.45) is 0 Å². The third-order valence-electron chi connectivity index (χ3n) is 5.98. The summed E-state index contributed by atoms with van der Waals surface area (Å²) in [5, 5.41) is 12.3. The van der Waals surface area contributed by atoms with E-state index in [-0.39, 0.29) is 5.41 Å². The number of fused-ring (bicyclic) bond motifs is 3. The molecule has 0 saturated carbocycles. The summed E-state index contributed by atoms with van der Waals surface area (Å²) in [4.78, 5) is 6.48. The molecule has 2 unspecified atom stereocenters. The highest BCUT2D eigenvalue weighted by Crippen LogP contribution is 2.42. The number of aromatic nitrogens is 2. The molecule has 3 heterocycles. The summed E-state index contributed by atoms with van der Waals surface area (Å²) < 4.78 is 2.35. The molecule has 4 rings (SSSR count). The first-order valence-corrected chi connectivity index (χ1v) is 9.92. The van der Waals surface area contributed by atoms with E-state index in [1.807, 2.05) is 18.2 Å². The SMILES string of the molecule is C=CCC1(C)CN(C)Cc2c1n(CC(O)c1ccncc1)c1ccc(C)cc21. The fourth-order valence-electron chi connectivity index (χ4n) is 4.92. The first-order chi connectivity index (χ1) is 13.4. The van der Waals surface area contributed by atoms with Crippen LogP contribution in [0.4, 0.5) is 0 Å². The predicted octanol–water partition coefficient (Wildman–Crippen LogP) is 4.36. The number of hydrogen-bond acceptors (Lipinski definition) is 3. The lowest BCUT2D eigenvalue weighted by molar-refractivity contribution is 0.150. The van der Waals surface area contributed by atoms with Gasteiger partial charge in [-0.1, -0.05) is 24.6 Å². The monoisotopic (exact) mass is 375 g/mol. The lowest BCUT2D eigenvalue weighted by Gasteiger charge is -2.40. The van der Waals surface area contributed by atoms with E-state index in [0.717, 1.165) is 25.1 Å². The van der Waals surface area contributed by atoms with Crippen molar-refractivity contribution in [3.8, 4) is 0 Å². The maximum Gasteiger partial charge on any atom is 0.0970 e. The molecule has 1 aliphatic heterocycles. The Labute approximate surface area is 167 Å². The zero-order valence-corrected chi connectivity index (χ0v) is 17.0. The summed E-state index contributed by atoms with van der Waals surface area (Å²) in [6.07, 6.45) is 5.83. The Hall–Kier alpha value is -2.43. The van der Waals surface area contributed by atoms with E-state index >= 15 is 0 Å². The van der Waals surface area contributed by atoms with Crippen molar-refractivity contribution in [3.63, 3.8) is 0 Å². The Bertz CT molecular complexity index is 1010. The van der Waals surface area contributed by atoms with E-state index in [0.29, 0.717) is 6.54 Å². The number of allylic oxidation sites excluding steroid dienone is 1. The second kappa shape index (κ2) is 7.19. The highest BCUT2D eigenvalue weighted by Gasteiger charge is 2.38. The number of aryl methyl sites for hydroxylation is 1. The third kappa shape index (κ3) is 3.17. The summed E-state index contributed by atoms with van der Waals surface area (Å²) in [5.74, 6) is 0. The van der Waals surface area contributed by atoms with Gasteiger partial charge in [-0.15, -0.1) is 6.58 Å². The Morgan fingerprint density at radius 3 is 2.75 bits per heavy atom. The number of hydrogen-bond donors (Lipinski definition) is 1. The van der Waals surface area contributed by atoms with Crippen LogP contribution in [-0.4, -0.2) is 33.1 Å². The number of aliphatic hydroxyl groups is 1. The molecule has 3 aromatic rings. The fraction of sp³-hybridized carbons (Fsp3) is 0.375. The zero-order valence-electron chi connectivity index (χ0n) is 17.0. The van der Waals surface area contributed by atoms with Crippen molar-refractivity contribution in [2.75, 3.05) is 13.6 Å². The van der Waals surface area contributed by atoms with Crippen molar-refractivity contribution in [1.82, 2.24) is 14.5 Å². The largest absolute Gasteiger partial charge is 0.387 e. The quantitative estimate of drug-likeness (QED) is 0.674. The average molecular weight is 376 g/mol. The number of likely N-dealkylation sites (N-methyl/N-ethyl adjacent to an activating group) is 1. The highest BCUT2D eigenvalue weighted by atomic mass is 16.3. The van der Waals surface area contributed by atoms with E-state index in [1.54, 1.807) is 12.4 Å². The Morgan fingerprint density at radius 1 is 1.29 bits per heavy atom. The molecule has 2 aromatic heterocycles. The number of nitrogens with zero attached hydrogens (tertiary/aromatic N) is 3. The first kappa shape index (κ1) is 18.9. The van der Waals surface area contributed by atoms with Crippen molar-refractivity contribution in [3.05, 3.63) is 77.8 Å². The van der Waals surface area contributed by atoms with Gasteiger partial charge in [0.15, 0.2) is 0 Å². The van der Waals surface area contributed by atoms with E-state index in [4.69, 9.17) is 0 Å². The number of aliphatic hydroxyl groups excluding tert-OH is 1. The summed E-state index contributed by atoms with van der Waals surface area (Å²) in [6.45, 7) is 10.9. The van der Waals surface area contributed by atoms with Gasteiger partial charge in [0.2, 0.25) is 0 Å². The van der Waals surface area contributed by atoms with E-state index in [2.05, 4.69) is 60.1 Å². The molecule has 0 amide bonds. The fourth-order valence-corrected chi connectivity index (χ4v) is 4.92. The van der Waals surface area contributed by atoms with Crippen LogP contribution in [0, 0.1) is 6.92 Å². The maximum absolute atomic E-state index is 11.0. The van der Waals surface area contributed by atoms with Gasteiger partial charge in [-0.05, 0) is 55.8 Å². The van der Waals surface area contributed by atoms with Gasteiger partial charge in [-0.25, -0.2) is 0 Å². The molecule has 0 aliphatic carbocycles. The molecule has 0 spiro atoms. The van der Waals surface area contributed by atoms with Crippen molar-refractivity contribution in [1.29, 1.82) is 0 Å². The molecule has 2 atom stereocenters. The summed E-state index contributed by atoms with van der Waals surface area (Å²) in [6, 6.07) is 10.4. The maximum atomic E-state index is 11.0. The second-order valence-electron chi connectivity index (χ2n) is 8.48. The molecule has 4 nitrogen and oxygen atoms in total. The number of rotatable bonds is 5. The lowest BCUT2D eigenvalue weighted by Crippen LogP contribution is -2.43. The molecule has 4 heteroatoms. The summed E-state index contributed by atoms with van der Waals surface area (Å²) in [5.41, 5.74) is 6.07. The van der Waals surface area contributed by atoms with Crippen LogP contribution in [0.15, 0.2) is 55.4 Å². The molecule has 1 aromatic carbocycles. The summed E-state index contributed by atoms with van der Waals surface area (Å²) >= 11 is 0. The van der Waals surface area contributed by atoms with E-state index in [9.17, 15) is 5.11 Å². The highest BCUT2D eigenvalue weighted by molar-refractivity contribution is 5.87. The molecule has 0 bridgehead atoms. The normalized spacial score (nSPS) is 20.9. The molecule has 146 valence electrons. The predicted molar refractivity (Wildman–Crippen MR) is 114 cm³/mol. The molecule has 0 saturated heterocycles. The van der Waals surface area contributed by atoms with Gasteiger partial charge in [0.1, 0.15) is 0 Å². The molecule has 1 N–H and O–H groups in total. The number of benzene rings is 1. The summed E-state index contributed by atoms with van der Waals surface area (Å²) in [7, 11) is 2.19. The molecule has 0 radical (unpaired) electrons. The standard InChI is InChI=1S/C24H29N3O/c1-5-10-24(3)16-26(4)14-20-19-13-17(2)6-7-21(19)27(23(20)24)15-22(28)18-8-11-25-12-9-18/h5-9,11-13,22,28H,1,10,14-16H2,2-4H3. The Kier molecular flexibility index (Phi) is 4.86. The topological polar surface area (TPSA) is 41.3 Å². The lowest BCUT2D eigenvalue weighted by atomic mass is 9.78. The van der Waals surface area contributed by atoms with Crippen LogP contribution in [0.5, 0.6) is 0 Å². The smallest absolute Gasteiger partial charge is 0.0970 e. The minimum absolute atomic E-state index is 0.0328. The van der Waals surface area contributed by atoms with Gasteiger partial charge in [0.25, 0.3) is 0 Å². The Morgan fingerprint density at radius 2 is 2.04 bits per heavy atom. The van der Waals surface area contributed by atoms with E-state index in [1.165, 1.54) is 27.7 Å². The molecule has 28 heavy (non-hydrogen) atoms. The van der Waals surface area contributed by atoms with Crippen LogP contribution in [0.1, 0.15) is 41.8 Å². The van der Waals surface area contributed by atoms with E-state index < -0.39 is 6.10 Å². The van der Waals surface area contributed by atoms with Gasteiger partial charge in [0, 0.05) is 47.5 Å². The van der Waals surface area contributed by atoms with Crippen LogP contribution < -0.4 is 0 Å². The molecular formula is C24H29N3O. The average Bonchev–Trinajstić information content (AvgIpc) is 2.96. The molecular weight excluding hydrogens is 346 g/mol. The van der Waals surface area contributed by atoms with Crippen molar-refractivity contribution < 1.29 is 5.11 Å². The third-order valence-corrected chi connectivity index (χ3v) is 5.98. The second-order valence-corrected chi connectivity index (χ2v) is 8.48. The molecule has 0 fully saturated rings. The van der Waals surface area contributed by atoms with Crippen LogP contribution in [0.25, 0.3) is 10.9 Å². The van der Waals surface area contributed by atoms with Crippen LogP contribution in [0.3, 0.4) is 0 Å². The van der Waals surface area contributed by atoms with Crippen LogP contribution in [0.2, 0.25) is 0 Å². The zero-order chi connectivity index (χ0) is 19.9. The number of pyridine rings is 1. The van der Waals surface area contributed by atoms with Gasteiger partial charge >= 0.3 is 0 Å². The van der Waals surface area contributed by atoms with Crippen LogP contribution in [-0.2, 0) is 18.5 Å². The van der Waals surface area contributed by atoms with Gasteiger partial charge in [-0.2, -0.15) is 0 Å². The van der Waals surface area contributed by atoms with Gasteiger partial charge < -0.3 is 14.6 Å². The van der Waals surface area contributed by atoms with Gasteiger partial charge in [0.05, 0.1) is 12.6 Å². The van der Waals surface area contributed by atoms with Crippen molar-refractivity contribution in [2.45, 2.75) is 44.9 Å². The minimum atomic E-state index is -0.573. The Balaban J connectivity index is 1.91. The molecule has 1 aliphatic rings. The van der Waals surface area contributed by atoms with Crippen molar-refractivity contribution >= 4 is 10.9 Å². The minimum Gasteiger partial charge on any atom is -0.387 e. The first-order valence-electron chi connectivity index (χ1n) is 9.92. The van der Waals surface area contributed by atoms with Crippen LogP contribution >= 0.6 is 0 Å².